The molecule has 0 spiro atoms. The van der Waals surface area contributed by atoms with Crippen molar-refractivity contribution in [1.82, 2.24) is 4.90 Å². The number of carbonyl (C=O) groups is 2. The molecule has 20 heavy (non-hydrogen) atoms. The van der Waals surface area contributed by atoms with E-state index >= 15 is 0 Å². The molecule has 5 nitrogen and oxygen atoms in total. The Balaban J connectivity index is 1.63. The minimum atomic E-state index is -0.0302. The van der Waals surface area contributed by atoms with Crippen LogP contribution >= 0.6 is 0 Å². The van der Waals surface area contributed by atoms with Crippen molar-refractivity contribution in [2.24, 2.45) is 11.7 Å². The number of hydrogen-bond acceptors (Lipinski definition) is 4. The van der Waals surface area contributed by atoms with Crippen molar-refractivity contribution >= 4 is 11.8 Å². The number of piperidine rings is 1. The first-order valence-electron chi connectivity index (χ1n) is 7.76. The van der Waals surface area contributed by atoms with Crippen molar-refractivity contribution in [3.05, 3.63) is 0 Å². The molecule has 1 saturated heterocycles. The Morgan fingerprint density at radius 3 is 2.35 bits per heavy atom. The molecule has 2 N–H and O–H groups in total. The molecule has 114 valence electrons. The molecule has 0 radical (unpaired) electrons. The predicted molar refractivity (Wildman–Crippen MR) is 75.9 cm³/mol. The average Bonchev–Trinajstić information content (AvgIpc) is 2.39. The summed E-state index contributed by atoms with van der Waals surface area (Å²) >= 11 is 0. The largest absolute Gasteiger partial charge is 0.378 e. The first-order valence-corrected chi connectivity index (χ1v) is 7.76. The van der Waals surface area contributed by atoms with Gasteiger partial charge in [-0.1, -0.05) is 6.92 Å². The van der Waals surface area contributed by atoms with Crippen LogP contribution in [0.25, 0.3) is 0 Å². The number of amides is 2. The molecule has 0 aromatic heterocycles. The van der Waals surface area contributed by atoms with Crippen LogP contribution in [0.4, 0.5) is 0 Å². The van der Waals surface area contributed by atoms with E-state index in [0.717, 1.165) is 32.1 Å². The quantitative estimate of drug-likeness (QED) is 0.612. The molecule has 0 bridgehead atoms. The summed E-state index contributed by atoms with van der Waals surface area (Å²) in [7, 11) is 0. The third-order valence-electron chi connectivity index (χ3n) is 4.25. The fourth-order valence-electron chi connectivity index (χ4n) is 3.01. The minimum Gasteiger partial charge on any atom is -0.378 e. The van der Waals surface area contributed by atoms with Crippen molar-refractivity contribution in [2.75, 3.05) is 13.2 Å². The molecule has 0 atom stereocenters. The molecule has 0 unspecified atom stereocenters. The summed E-state index contributed by atoms with van der Waals surface area (Å²) in [6.45, 7) is 3.06. The van der Waals surface area contributed by atoms with Gasteiger partial charge in [0.1, 0.15) is 0 Å². The summed E-state index contributed by atoms with van der Waals surface area (Å²) in [5, 5.41) is 0. The van der Waals surface area contributed by atoms with Crippen LogP contribution in [0.2, 0.25) is 0 Å². The zero-order chi connectivity index (χ0) is 14.5. The number of imide groups is 1. The van der Waals surface area contributed by atoms with E-state index in [0.29, 0.717) is 38.1 Å². The standard InChI is InChI=1S/C15H26N2O3/c1-11-9-14(18)17(15(19)10-11)7-2-8-20-13-5-3-12(16)4-6-13/h11-13H,2-10,16H2,1H3. The SMILES string of the molecule is CC1CC(=O)N(CCCOC2CCC(N)CC2)C(=O)C1. The number of carbonyl (C=O) groups excluding carboxylic acids is 2. The van der Waals surface area contributed by atoms with Gasteiger partial charge in [-0.15, -0.1) is 0 Å². The first-order chi connectivity index (χ1) is 9.56. The van der Waals surface area contributed by atoms with E-state index in [1.165, 1.54) is 4.90 Å². The highest BCUT2D eigenvalue weighted by molar-refractivity contribution is 5.97. The van der Waals surface area contributed by atoms with E-state index in [-0.39, 0.29) is 17.7 Å². The molecular formula is C15H26N2O3. The van der Waals surface area contributed by atoms with Crippen LogP contribution in [-0.4, -0.2) is 42.0 Å². The van der Waals surface area contributed by atoms with Gasteiger partial charge in [-0.25, -0.2) is 0 Å². The van der Waals surface area contributed by atoms with Crippen LogP contribution in [0.5, 0.6) is 0 Å². The molecule has 1 saturated carbocycles. The molecule has 2 aliphatic rings. The molecule has 0 aromatic carbocycles. The van der Waals surface area contributed by atoms with E-state index in [1.54, 1.807) is 0 Å². The zero-order valence-electron chi connectivity index (χ0n) is 12.3. The van der Waals surface area contributed by atoms with Gasteiger partial charge in [0.2, 0.25) is 11.8 Å². The van der Waals surface area contributed by atoms with Gasteiger partial charge in [-0.05, 0) is 38.0 Å². The van der Waals surface area contributed by atoms with Gasteiger partial charge in [0.05, 0.1) is 6.10 Å². The average molecular weight is 282 g/mol. The van der Waals surface area contributed by atoms with Crippen LogP contribution in [0, 0.1) is 5.92 Å². The number of ether oxygens (including phenoxy) is 1. The summed E-state index contributed by atoms with van der Waals surface area (Å²) in [5.41, 5.74) is 5.85. The van der Waals surface area contributed by atoms with Gasteiger partial charge in [-0.2, -0.15) is 0 Å². The second-order valence-corrected chi connectivity index (χ2v) is 6.21. The molecule has 2 fully saturated rings. The van der Waals surface area contributed by atoms with E-state index in [9.17, 15) is 9.59 Å². The molecular weight excluding hydrogens is 256 g/mol. The first kappa shape index (κ1) is 15.4. The van der Waals surface area contributed by atoms with E-state index in [4.69, 9.17) is 10.5 Å². The number of nitrogens with zero attached hydrogens (tertiary/aromatic N) is 1. The summed E-state index contributed by atoms with van der Waals surface area (Å²) in [4.78, 5) is 25.0. The Bertz CT molecular complexity index is 333. The van der Waals surface area contributed by atoms with E-state index in [2.05, 4.69) is 0 Å². The molecule has 0 aromatic rings. The van der Waals surface area contributed by atoms with Gasteiger partial charge in [0.25, 0.3) is 0 Å². The summed E-state index contributed by atoms with van der Waals surface area (Å²) in [6.07, 6.45) is 6.15. The Morgan fingerprint density at radius 2 is 1.75 bits per heavy atom. The monoisotopic (exact) mass is 282 g/mol. The van der Waals surface area contributed by atoms with Crippen molar-refractivity contribution in [3.63, 3.8) is 0 Å². The second-order valence-electron chi connectivity index (χ2n) is 6.21. The van der Waals surface area contributed by atoms with Crippen molar-refractivity contribution in [1.29, 1.82) is 0 Å². The second kappa shape index (κ2) is 7.18. The highest BCUT2D eigenvalue weighted by Gasteiger charge is 2.29. The topological polar surface area (TPSA) is 72.6 Å². The Kier molecular flexibility index (Phi) is 5.54. The lowest BCUT2D eigenvalue weighted by Gasteiger charge is -2.29. The third kappa shape index (κ3) is 4.28. The van der Waals surface area contributed by atoms with Crippen molar-refractivity contribution < 1.29 is 14.3 Å². The molecule has 5 heteroatoms. The predicted octanol–water partition coefficient (Wildman–Crippen LogP) is 1.45. The maximum atomic E-state index is 11.8. The Morgan fingerprint density at radius 1 is 1.15 bits per heavy atom. The fourth-order valence-corrected chi connectivity index (χ4v) is 3.01. The Labute approximate surface area is 120 Å². The third-order valence-corrected chi connectivity index (χ3v) is 4.25. The van der Waals surface area contributed by atoms with Gasteiger partial charge >= 0.3 is 0 Å². The van der Waals surface area contributed by atoms with Gasteiger partial charge in [0.15, 0.2) is 0 Å². The lowest BCUT2D eigenvalue weighted by Crippen LogP contribution is -2.43. The highest BCUT2D eigenvalue weighted by Crippen LogP contribution is 2.21. The molecule has 1 aliphatic carbocycles. The Hall–Kier alpha value is -0.940. The van der Waals surface area contributed by atoms with Gasteiger partial charge < -0.3 is 10.5 Å². The van der Waals surface area contributed by atoms with E-state index in [1.807, 2.05) is 6.92 Å². The maximum absolute atomic E-state index is 11.8. The maximum Gasteiger partial charge on any atom is 0.229 e. The summed E-state index contributed by atoms with van der Waals surface area (Å²) in [5.74, 6) is 0.128. The van der Waals surface area contributed by atoms with Crippen LogP contribution in [0.15, 0.2) is 0 Å². The molecule has 2 amide bonds. The van der Waals surface area contributed by atoms with Crippen LogP contribution in [0.3, 0.4) is 0 Å². The number of likely N-dealkylation sites (tertiary alicyclic amines) is 1. The van der Waals surface area contributed by atoms with Crippen molar-refractivity contribution in [3.8, 4) is 0 Å². The number of rotatable bonds is 5. The van der Waals surface area contributed by atoms with E-state index < -0.39 is 0 Å². The summed E-state index contributed by atoms with van der Waals surface area (Å²) < 4.78 is 5.81. The van der Waals surface area contributed by atoms with Gasteiger partial charge in [-0.3, -0.25) is 14.5 Å². The zero-order valence-corrected chi connectivity index (χ0v) is 12.3. The minimum absolute atomic E-state index is 0.0302. The fraction of sp³-hybridized carbons (Fsp3) is 0.867. The van der Waals surface area contributed by atoms with Gasteiger partial charge in [0, 0.05) is 32.0 Å². The molecule has 1 aliphatic heterocycles. The number of hydrogen-bond donors (Lipinski definition) is 1. The lowest BCUT2D eigenvalue weighted by atomic mass is 9.94. The smallest absolute Gasteiger partial charge is 0.229 e. The summed E-state index contributed by atoms with van der Waals surface area (Å²) in [6, 6.07) is 0.334. The van der Waals surface area contributed by atoms with Crippen LogP contribution in [0.1, 0.15) is 51.9 Å². The van der Waals surface area contributed by atoms with Crippen LogP contribution < -0.4 is 5.73 Å². The highest BCUT2D eigenvalue weighted by atomic mass is 16.5. The lowest BCUT2D eigenvalue weighted by molar-refractivity contribution is -0.150. The molecule has 1 heterocycles. The number of nitrogens with two attached hydrogens (primary N) is 1. The molecule has 2 rings (SSSR count). The van der Waals surface area contributed by atoms with Crippen LogP contribution in [-0.2, 0) is 14.3 Å². The van der Waals surface area contributed by atoms with Crippen molar-refractivity contribution in [2.45, 2.75) is 64.0 Å². The normalized spacial score (nSPS) is 29.0.